The molecule has 1 unspecified atom stereocenters. The van der Waals surface area contributed by atoms with Crippen LogP contribution in [-0.4, -0.2) is 28.8 Å². The van der Waals surface area contributed by atoms with Crippen LogP contribution in [0.5, 0.6) is 5.75 Å². The molecule has 2 aromatic rings. The van der Waals surface area contributed by atoms with Gasteiger partial charge in [0.25, 0.3) is 0 Å². The van der Waals surface area contributed by atoms with Gasteiger partial charge < -0.3 is 10.1 Å². The van der Waals surface area contributed by atoms with Crippen LogP contribution in [-0.2, 0) is 9.84 Å². The van der Waals surface area contributed by atoms with Crippen molar-refractivity contribution in [3.05, 3.63) is 59.7 Å². The average Bonchev–Trinajstić information content (AvgIpc) is 2.48. The minimum atomic E-state index is -3.17. The zero-order valence-corrected chi connectivity index (χ0v) is 13.1. The van der Waals surface area contributed by atoms with Crippen molar-refractivity contribution < 1.29 is 13.2 Å². The summed E-state index contributed by atoms with van der Waals surface area (Å²) in [6, 6.07) is 14.6. The third-order valence-corrected chi connectivity index (χ3v) is 4.51. The molecule has 2 aromatic carbocycles. The molecule has 0 bridgehead atoms. The van der Waals surface area contributed by atoms with Gasteiger partial charge in [-0.3, -0.25) is 0 Å². The SMILES string of the molecule is CNC(c1ccc(S(C)(=O)=O)cc1)c1ccccc1OC. The monoisotopic (exact) mass is 305 g/mol. The van der Waals surface area contributed by atoms with Gasteiger partial charge in [-0.15, -0.1) is 0 Å². The second kappa shape index (κ2) is 6.28. The van der Waals surface area contributed by atoms with Crippen LogP contribution in [0.25, 0.3) is 0 Å². The van der Waals surface area contributed by atoms with Crippen LogP contribution in [0.2, 0.25) is 0 Å². The summed E-state index contributed by atoms with van der Waals surface area (Å²) in [5, 5.41) is 3.24. The Morgan fingerprint density at radius 1 is 1.05 bits per heavy atom. The molecule has 0 saturated heterocycles. The molecule has 1 atom stereocenters. The van der Waals surface area contributed by atoms with Crippen molar-refractivity contribution in [2.24, 2.45) is 0 Å². The minimum Gasteiger partial charge on any atom is -0.496 e. The summed E-state index contributed by atoms with van der Waals surface area (Å²) in [5.74, 6) is 0.795. The summed E-state index contributed by atoms with van der Waals surface area (Å²) >= 11 is 0. The topological polar surface area (TPSA) is 55.4 Å². The van der Waals surface area contributed by atoms with Gasteiger partial charge in [0.15, 0.2) is 9.84 Å². The van der Waals surface area contributed by atoms with Crippen LogP contribution in [0.1, 0.15) is 17.2 Å². The number of benzene rings is 2. The first-order valence-electron chi connectivity index (χ1n) is 6.57. The van der Waals surface area contributed by atoms with E-state index < -0.39 is 9.84 Å². The van der Waals surface area contributed by atoms with Crippen molar-refractivity contribution >= 4 is 9.84 Å². The van der Waals surface area contributed by atoms with Gasteiger partial charge in [0, 0.05) is 11.8 Å². The van der Waals surface area contributed by atoms with E-state index >= 15 is 0 Å². The molecule has 2 rings (SSSR count). The Balaban J connectivity index is 2.42. The van der Waals surface area contributed by atoms with Crippen molar-refractivity contribution in [1.29, 1.82) is 0 Å². The lowest BCUT2D eigenvalue weighted by atomic mass is 9.98. The Hall–Kier alpha value is -1.85. The Morgan fingerprint density at radius 3 is 2.19 bits per heavy atom. The highest BCUT2D eigenvalue weighted by molar-refractivity contribution is 7.90. The van der Waals surface area contributed by atoms with E-state index in [1.54, 1.807) is 19.2 Å². The lowest BCUT2D eigenvalue weighted by Gasteiger charge is -2.20. The predicted molar refractivity (Wildman–Crippen MR) is 83.4 cm³/mol. The predicted octanol–water partition coefficient (Wildman–Crippen LogP) is 2.41. The minimum absolute atomic E-state index is 0.0604. The molecule has 0 radical (unpaired) electrons. The quantitative estimate of drug-likeness (QED) is 0.921. The molecule has 0 aliphatic heterocycles. The van der Waals surface area contributed by atoms with E-state index in [1.165, 1.54) is 6.26 Å². The number of sulfone groups is 1. The van der Waals surface area contributed by atoms with Crippen molar-refractivity contribution in [1.82, 2.24) is 5.32 Å². The van der Waals surface area contributed by atoms with Crippen LogP contribution in [0.15, 0.2) is 53.4 Å². The summed E-state index contributed by atoms with van der Waals surface area (Å²) in [5.41, 5.74) is 1.99. The normalized spacial score (nSPS) is 12.9. The lowest BCUT2D eigenvalue weighted by Crippen LogP contribution is -2.18. The van der Waals surface area contributed by atoms with E-state index in [2.05, 4.69) is 5.32 Å². The van der Waals surface area contributed by atoms with Crippen molar-refractivity contribution in [3.63, 3.8) is 0 Å². The number of hydrogen-bond acceptors (Lipinski definition) is 4. The van der Waals surface area contributed by atoms with E-state index in [1.807, 2.05) is 43.4 Å². The van der Waals surface area contributed by atoms with Gasteiger partial charge >= 0.3 is 0 Å². The fourth-order valence-electron chi connectivity index (χ4n) is 2.31. The molecule has 0 aliphatic rings. The van der Waals surface area contributed by atoms with E-state index in [0.29, 0.717) is 4.90 Å². The molecule has 21 heavy (non-hydrogen) atoms. The first-order chi connectivity index (χ1) is 9.97. The summed E-state index contributed by atoms with van der Waals surface area (Å²) in [7, 11) is 0.325. The highest BCUT2D eigenvalue weighted by Gasteiger charge is 2.17. The Labute approximate surface area is 125 Å². The van der Waals surface area contributed by atoms with Crippen molar-refractivity contribution in [2.45, 2.75) is 10.9 Å². The molecule has 1 N–H and O–H groups in total. The number of methoxy groups -OCH3 is 1. The molecule has 0 aromatic heterocycles. The van der Waals surface area contributed by atoms with E-state index in [9.17, 15) is 8.42 Å². The molecule has 5 heteroatoms. The smallest absolute Gasteiger partial charge is 0.175 e. The fraction of sp³-hybridized carbons (Fsp3) is 0.250. The number of ether oxygens (including phenoxy) is 1. The van der Waals surface area contributed by atoms with Gasteiger partial charge in [0.1, 0.15) is 5.75 Å². The van der Waals surface area contributed by atoms with Crippen LogP contribution in [0.3, 0.4) is 0 Å². The lowest BCUT2D eigenvalue weighted by molar-refractivity contribution is 0.405. The molecular formula is C16H19NO3S. The Morgan fingerprint density at radius 2 is 1.67 bits per heavy atom. The number of para-hydroxylation sites is 1. The van der Waals surface area contributed by atoms with Gasteiger partial charge in [0.05, 0.1) is 18.0 Å². The van der Waals surface area contributed by atoms with E-state index in [4.69, 9.17) is 4.74 Å². The molecule has 0 amide bonds. The third-order valence-electron chi connectivity index (χ3n) is 3.38. The number of hydrogen-bond donors (Lipinski definition) is 1. The zero-order valence-electron chi connectivity index (χ0n) is 12.3. The van der Waals surface area contributed by atoms with E-state index in [0.717, 1.165) is 16.9 Å². The molecule has 4 nitrogen and oxygen atoms in total. The van der Waals surface area contributed by atoms with Crippen LogP contribution < -0.4 is 10.1 Å². The Bertz CT molecular complexity index is 709. The van der Waals surface area contributed by atoms with Gasteiger partial charge in [-0.05, 0) is 30.8 Å². The molecular weight excluding hydrogens is 286 g/mol. The Kier molecular flexibility index (Phi) is 4.65. The first-order valence-corrected chi connectivity index (χ1v) is 8.46. The highest BCUT2D eigenvalue weighted by Crippen LogP contribution is 2.30. The van der Waals surface area contributed by atoms with Gasteiger partial charge in [-0.25, -0.2) is 8.42 Å². The van der Waals surface area contributed by atoms with Gasteiger partial charge in [-0.2, -0.15) is 0 Å². The van der Waals surface area contributed by atoms with Crippen LogP contribution in [0, 0.1) is 0 Å². The zero-order chi connectivity index (χ0) is 15.5. The van der Waals surface area contributed by atoms with Crippen molar-refractivity contribution in [2.75, 3.05) is 20.4 Å². The summed E-state index contributed by atoms with van der Waals surface area (Å²) in [6.07, 6.45) is 1.21. The fourth-order valence-corrected chi connectivity index (χ4v) is 2.94. The molecule has 0 spiro atoms. The largest absolute Gasteiger partial charge is 0.496 e. The van der Waals surface area contributed by atoms with Gasteiger partial charge in [0.2, 0.25) is 0 Å². The van der Waals surface area contributed by atoms with Crippen molar-refractivity contribution in [3.8, 4) is 5.75 Å². The summed E-state index contributed by atoms with van der Waals surface area (Å²) in [6.45, 7) is 0. The summed E-state index contributed by atoms with van der Waals surface area (Å²) in [4.78, 5) is 0.320. The van der Waals surface area contributed by atoms with Gasteiger partial charge in [-0.1, -0.05) is 30.3 Å². The number of rotatable bonds is 5. The maximum absolute atomic E-state index is 11.5. The molecule has 112 valence electrons. The summed E-state index contributed by atoms with van der Waals surface area (Å²) < 4.78 is 28.4. The maximum atomic E-state index is 11.5. The average molecular weight is 305 g/mol. The maximum Gasteiger partial charge on any atom is 0.175 e. The second-order valence-corrected chi connectivity index (χ2v) is 6.82. The number of nitrogens with one attached hydrogen (secondary N) is 1. The third kappa shape index (κ3) is 3.43. The molecule has 0 heterocycles. The van der Waals surface area contributed by atoms with Crippen LogP contribution in [0.4, 0.5) is 0 Å². The molecule has 0 saturated carbocycles. The standard InChI is InChI=1S/C16H19NO3S/c1-17-16(14-6-4-5-7-15(14)20-2)12-8-10-13(11-9-12)21(3,18)19/h4-11,16-17H,1-3H3. The second-order valence-electron chi connectivity index (χ2n) is 4.80. The van der Waals surface area contributed by atoms with E-state index in [-0.39, 0.29) is 6.04 Å². The molecule has 0 fully saturated rings. The first kappa shape index (κ1) is 15.5. The molecule has 0 aliphatic carbocycles. The van der Waals surface area contributed by atoms with Crippen LogP contribution >= 0.6 is 0 Å². The highest BCUT2D eigenvalue weighted by atomic mass is 32.2.